The fourth-order valence-electron chi connectivity index (χ4n) is 4.26. The van der Waals surface area contributed by atoms with E-state index in [0.717, 1.165) is 30.4 Å². The number of fused-ring (bicyclic) bond motifs is 1. The third-order valence-corrected chi connectivity index (χ3v) is 5.75. The van der Waals surface area contributed by atoms with Crippen LogP contribution in [0.1, 0.15) is 74.7 Å². The van der Waals surface area contributed by atoms with E-state index in [9.17, 15) is 9.59 Å². The molecule has 4 heteroatoms. The van der Waals surface area contributed by atoms with Crippen LogP contribution in [0.3, 0.4) is 0 Å². The van der Waals surface area contributed by atoms with Crippen molar-refractivity contribution in [2.24, 2.45) is 0 Å². The molecule has 25 heavy (non-hydrogen) atoms. The minimum absolute atomic E-state index is 0.00991. The van der Waals surface area contributed by atoms with Gasteiger partial charge < -0.3 is 10.2 Å². The summed E-state index contributed by atoms with van der Waals surface area (Å²) in [5.41, 5.74) is 0.933. The fourth-order valence-corrected chi connectivity index (χ4v) is 4.26. The normalized spacial score (nSPS) is 24.6. The van der Waals surface area contributed by atoms with E-state index in [2.05, 4.69) is 12.2 Å². The molecule has 1 aromatic carbocycles. The SMILES string of the molecule is CCCN1C(=O)c2ccccc2CC1(C)C(=O)NC1CCCCCC1. The van der Waals surface area contributed by atoms with Gasteiger partial charge in [0.25, 0.3) is 5.91 Å². The van der Waals surface area contributed by atoms with Gasteiger partial charge in [0.15, 0.2) is 0 Å². The van der Waals surface area contributed by atoms with Crippen molar-refractivity contribution in [2.75, 3.05) is 6.54 Å². The standard InChI is InChI=1S/C21H30N2O2/c1-3-14-23-19(24)18-13-9-8-10-16(18)15-21(23,2)20(25)22-17-11-6-4-5-7-12-17/h8-10,13,17H,3-7,11-12,14-15H2,1-2H3,(H,22,25). The van der Waals surface area contributed by atoms with Crippen molar-refractivity contribution in [2.45, 2.75) is 76.8 Å². The molecule has 1 unspecified atom stereocenters. The lowest BCUT2D eigenvalue weighted by Gasteiger charge is -2.44. The molecular formula is C21H30N2O2. The Hall–Kier alpha value is -1.84. The average molecular weight is 342 g/mol. The van der Waals surface area contributed by atoms with Crippen LogP contribution >= 0.6 is 0 Å². The van der Waals surface area contributed by atoms with Crippen molar-refractivity contribution in [3.05, 3.63) is 35.4 Å². The van der Waals surface area contributed by atoms with Gasteiger partial charge in [-0.3, -0.25) is 9.59 Å². The van der Waals surface area contributed by atoms with Gasteiger partial charge in [-0.2, -0.15) is 0 Å². The lowest BCUT2D eigenvalue weighted by molar-refractivity contribution is -0.132. The molecule has 0 radical (unpaired) electrons. The summed E-state index contributed by atoms with van der Waals surface area (Å²) in [6, 6.07) is 7.96. The maximum atomic E-state index is 13.2. The van der Waals surface area contributed by atoms with Crippen molar-refractivity contribution in [1.82, 2.24) is 10.2 Å². The Bertz CT molecular complexity index is 635. The monoisotopic (exact) mass is 342 g/mol. The van der Waals surface area contributed by atoms with Crippen molar-refractivity contribution in [1.29, 1.82) is 0 Å². The summed E-state index contributed by atoms with van der Waals surface area (Å²) in [5.74, 6) is -0.00193. The Morgan fingerprint density at radius 2 is 1.88 bits per heavy atom. The lowest BCUT2D eigenvalue weighted by Crippen LogP contribution is -2.63. The number of hydrogen-bond acceptors (Lipinski definition) is 2. The number of carbonyl (C=O) groups is 2. The fraction of sp³-hybridized carbons (Fsp3) is 0.619. The van der Waals surface area contributed by atoms with Crippen LogP contribution in [0.4, 0.5) is 0 Å². The second kappa shape index (κ2) is 7.59. The number of rotatable bonds is 4. The quantitative estimate of drug-likeness (QED) is 0.848. The van der Waals surface area contributed by atoms with Gasteiger partial charge in [-0.25, -0.2) is 0 Å². The van der Waals surface area contributed by atoms with Crippen LogP contribution in [0.5, 0.6) is 0 Å². The highest BCUT2D eigenvalue weighted by atomic mass is 16.2. The molecule has 0 saturated heterocycles. The minimum atomic E-state index is -0.798. The predicted molar refractivity (Wildman–Crippen MR) is 99.5 cm³/mol. The second-order valence-corrected chi connectivity index (χ2v) is 7.73. The van der Waals surface area contributed by atoms with E-state index in [-0.39, 0.29) is 17.9 Å². The molecule has 1 saturated carbocycles. The van der Waals surface area contributed by atoms with E-state index in [1.165, 1.54) is 25.7 Å². The Morgan fingerprint density at radius 1 is 1.20 bits per heavy atom. The van der Waals surface area contributed by atoms with Gasteiger partial charge in [0, 0.05) is 24.6 Å². The van der Waals surface area contributed by atoms with Crippen LogP contribution < -0.4 is 5.32 Å². The predicted octanol–water partition coefficient (Wildman–Crippen LogP) is 3.69. The molecule has 1 fully saturated rings. The molecule has 1 aliphatic carbocycles. The van der Waals surface area contributed by atoms with Gasteiger partial charge in [-0.1, -0.05) is 50.8 Å². The molecule has 2 amide bonds. The number of carbonyl (C=O) groups excluding carboxylic acids is 2. The van der Waals surface area contributed by atoms with Crippen molar-refractivity contribution < 1.29 is 9.59 Å². The summed E-state index contributed by atoms with van der Waals surface area (Å²) in [6.45, 7) is 4.60. The Balaban J connectivity index is 1.85. The first-order valence-corrected chi connectivity index (χ1v) is 9.77. The molecule has 2 aliphatic rings. The molecular weight excluding hydrogens is 312 g/mol. The largest absolute Gasteiger partial charge is 0.351 e. The highest BCUT2D eigenvalue weighted by Gasteiger charge is 2.46. The number of benzene rings is 1. The van der Waals surface area contributed by atoms with Crippen molar-refractivity contribution in [3.63, 3.8) is 0 Å². The van der Waals surface area contributed by atoms with E-state index in [0.29, 0.717) is 13.0 Å². The highest BCUT2D eigenvalue weighted by Crippen LogP contribution is 2.32. The summed E-state index contributed by atoms with van der Waals surface area (Å²) in [6.07, 6.45) is 8.44. The summed E-state index contributed by atoms with van der Waals surface area (Å²) in [7, 11) is 0. The topological polar surface area (TPSA) is 49.4 Å². The van der Waals surface area contributed by atoms with E-state index in [1.807, 2.05) is 31.2 Å². The highest BCUT2D eigenvalue weighted by molar-refractivity contribution is 6.02. The molecule has 0 bridgehead atoms. The van der Waals surface area contributed by atoms with E-state index in [4.69, 9.17) is 0 Å². The van der Waals surface area contributed by atoms with Crippen LogP contribution in [0.25, 0.3) is 0 Å². The van der Waals surface area contributed by atoms with Gasteiger partial charge >= 0.3 is 0 Å². The van der Waals surface area contributed by atoms with Gasteiger partial charge in [0.2, 0.25) is 5.91 Å². The minimum Gasteiger partial charge on any atom is -0.351 e. The third kappa shape index (κ3) is 3.58. The first-order valence-electron chi connectivity index (χ1n) is 9.77. The zero-order valence-corrected chi connectivity index (χ0v) is 15.5. The molecule has 1 N–H and O–H groups in total. The zero-order chi connectivity index (χ0) is 17.9. The second-order valence-electron chi connectivity index (χ2n) is 7.73. The molecule has 1 heterocycles. The first kappa shape index (κ1) is 18.0. The van der Waals surface area contributed by atoms with E-state index in [1.54, 1.807) is 4.90 Å². The number of amides is 2. The van der Waals surface area contributed by atoms with Gasteiger partial charge in [0.05, 0.1) is 0 Å². The molecule has 0 spiro atoms. The average Bonchev–Trinajstić information content (AvgIpc) is 2.87. The van der Waals surface area contributed by atoms with Crippen molar-refractivity contribution in [3.8, 4) is 0 Å². The molecule has 3 rings (SSSR count). The van der Waals surface area contributed by atoms with Gasteiger partial charge in [-0.15, -0.1) is 0 Å². The van der Waals surface area contributed by atoms with Gasteiger partial charge in [0.1, 0.15) is 5.54 Å². The van der Waals surface area contributed by atoms with Crippen LogP contribution in [-0.4, -0.2) is 34.8 Å². The number of nitrogens with one attached hydrogen (secondary N) is 1. The third-order valence-electron chi connectivity index (χ3n) is 5.75. The van der Waals surface area contributed by atoms with Gasteiger partial charge in [-0.05, 0) is 37.8 Å². The summed E-state index contributed by atoms with van der Waals surface area (Å²) in [4.78, 5) is 28.0. The Labute approximate surface area is 151 Å². The maximum Gasteiger partial charge on any atom is 0.255 e. The smallest absolute Gasteiger partial charge is 0.255 e. The Kier molecular flexibility index (Phi) is 5.45. The Morgan fingerprint density at radius 3 is 2.56 bits per heavy atom. The molecule has 136 valence electrons. The lowest BCUT2D eigenvalue weighted by atomic mass is 9.82. The zero-order valence-electron chi connectivity index (χ0n) is 15.5. The molecule has 0 aromatic heterocycles. The summed E-state index contributed by atoms with van der Waals surface area (Å²) >= 11 is 0. The van der Waals surface area contributed by atoms with Crippen LogP contribution in [0.2, 0.25) is 0 Å². The molecule has 1 atom stereocenters. The molecule has 1 aromatic rings. The van der Waals surface area contributed by atoms with Crippen molar-refractivity contribution >= 4 is 11.8 Å². The van der Waals surface area contributed by atoms with E-state index < -0.39 is 5.54 Å². The van der Waals surface area contributed by atoms with Crippen LogP contribution in [0.15, 0.2) is 24.3 Å². The maximum absolute atomic E-state index is 13.2. The van der Waals surface area contributed by atoms with E-state index >= 15 is 0 Å². The molecule has 4 nitrogen and oxygen atoms in total. The number of hydrogen-bond donors (Lipinski definition) is 1. The summed E-state index contributed by atoms with van der Waals surface area (Å²) < 4.78 is 0. The number of nitrogens with zero attached hydrogens (tertiary/aromatic N) is 1. The van der Waals surface area contributed by atoms with Crippen LogP contribution in [0, 0.1) is 0 Å². The first-order chi connectivity index (χ1) is 12.1. The van der Waals surface area contributed by atoms with Crippen LogP contribution in [-0.2, 0) is 11.2 Å². The molecule has 1 aliphatic heterocycles. The summed E-state index contributed by atoms with van der Waals surface area (Å²) in [5, 5.41) is 3.28.